The first-order valence-corrected chi connectivity index (χ1v) is 13.1. The van der Waals surface area contributed by atoms with E-state index in [-0.39, 0.29) is 23.7 Å². The van der Waals surface area contributed by atoms with Crippen molar-refractivity contribution in [2.75, 3.05) is 33.4 Å². The minimum Gasteiger partial charge on any atom is -0.502 e. The molecular formula is C29H30N2O8. The number of hydrogen-bond acceptors (Lipinski definition) is 9. The minimum atomic E-state index is -0.777. The van der Waals surface area contributed by atoms with E-state index in [4.69, 9.17) is 18.6 Å². The molecule has 6 rings (SSSR count). The molecule has 1 saturated heterocycles. The number of rotatable bonds is 6. The van der Waals surface area contributed by atoms with Crippen molar-refractivity contribution in [2.24, 2.45) is 5.92 Å². The summed E-state index contributed by atoms with van der Waals surface area (Å²) in [6, 6.07) is 12.0. The smallest absolute Gasteiger partial charge is 0.306 e. The van der Waals surface area contributed by atoms with E-state index in [1.807, 2.05) is 10.6 Å². The molecule has 1 fully saturated rings. The van der Waals surface area contributed by atoms with Crippen LogP contribution >= 0.6 is 0 Å². The molecule has 0 saturated carbocycles. The van der Waals surface area contributed by atoms with Crippen molar-refractivity contribution in [2.45, 2.75) is 37.8 Å². The molecule has 10 heteroatoms. The SMILES string of the molecule is COC(=O)CC(c1ccc2c(c1)OCCO2)c1oc(CN2C[C@H]3C[C@@H](C2)c2cccc(=O)n2C3)cc(=O)c1O. The van der Waals surface area contributed by atoms with Gasteiger partial charge in [0.2, 0.25) is 11.2 Å². The van der Waals surface area contributed by atoms with Crippen LogP contribution in [0.3, 0.4) is 0 Å². The molecule has 2 bridgehead atoms. The highest BCUT2D eigenvalue weighted by atomic mass is 16.6. The van der Waals surface area contributed by atoms with Gasteiger partial charge in [-0.2, -0.15) is 0 Å². The second-order valence-corrected chi connectivity index (χ2v) is 10.4. The Bertz CT molecular complexity index is 1530. The number of nitrogens with zero attached hydrogens (tertiary/aromatic N) is 2. The molecule has 3 aliphatic heterocycles. The highest BCUT2D eigenvalue weighted by Gasteiger charge is 2.35. The summed E-state index contributed by atoms with van der Waals surface area (Å²) in [5, 5.41) is 10.8. The van der Waals surface area contributed by atoms with Crippen LogP contribution in [-0.4, -0.2) is 54.0 Å². The van der Waals surface area contributed by atoms with Crippen molar-refractivity contribution in [1.82, 2.24) is 9.47 Å². The lowest BCUT2D eigenvalue weighted by atomic mass is 9.83. The Hall–Kier alpha value is -4.05. The number of ether oxygens (including phenoxy) is 3. The van der Waals surface area contributed by atoms with Crippen molar-refractivity contribution in [3.8, 4) is 17.2 Å². The van der Waals surface area contributed by atoms with Crippen LogP contribution in [0.2, 0.25) is 0 Å². The molecule has 1 unspecified atom stereocenters. The summed E-state index contributed by atoms with van der Waals surface area (Å²) >= 11 is 0. The normalized spacial score (nSPS) is 20.6. The highest BCUT2D eigenvalue weighted by Crippen LogP contribution is 2.40. The molecule has 2 aromatic heterocycles. The van der Waals surface area contributed by atoms with Crippen LogP contribution in [0.5, 0.6) is 17.2 Å². The third kappa shape index (κ3) is 4.92. The Kier molecular flexibility index (Phi) is 6.64. The molecule has 10 nitrogen and oxygen atoms in total. The van der Waals surface area contributed by atoms with E-state index in [0.29, 0.717) is 61.6 Å². The quantitative estimate of drug-likeness (QED) is 0.476. The number of hydrogen-bond donors (Lipinski definition) is 1. The minimum absolute atomic E-state index is 0.00804. The van der Waals surface area contributed by atoms with Gasteiger partial charge in [0.15, 0.2) is 17.3 Å². The molecule has 0 radical (unpaired) electrons. The van der Waals surface area contributed by atoms with Crippen LogP contribution in [-0.2, 0) is 22.6 Å². The fraction of sp³-hybridized carbons (Fsp3) is 0.414. The van der Waals surface area contributed by atoms with Crippen LogP contribution in [0.15, 0.2) is 56.5 Å². The lowest BCUT2D eigenvalue weighted by molar-refractivity contribution is -0.140. The first kappa shape index (κ1) is 25.2. The maximum absolute atomic E-state index is 12.9. The molecule has 5 heterocycles. The Labute approximate surface area is 224 Å². The monoisotopic (exact) mass is 534 g/mol. The van der Waals surface area contributed by atoms with Crippen molar-refractivity contribution in [1.29, 1.82) is 0 Å². The topological polar surface area (TPSA) is 120 Å². The van der Waals surface area contributed by atoms with E-state index in [1.54, 1.807) is 30.3 Å². The maximum Gasteiger partial charge on any atom is 0.306 e. The van der Waals surface area contributed by atoms with Gasteiger partial charge in [0, 0.05) is 43.4 Å². The molecular weight excluding hydrogens is 504 g/mol. The van der Waals surface area contributed by atoms with Gasteiger partial charge < -0.3 is 28.3 Å². The molecule has 0 spiro atoms. The summed E-state index contributed by atoms with van der Waals surface area (Å²) in [7, 11) is 1.29. The zero-order valence-corrected chi connectivity index (χ0v) is 21.6. The lowest BCUT2D eigenvalue weighted by Crippen LogP contribution is -2.46. The summed E-state index contributed by atoms with van der Waals surface area (Å²) in [6.45, 7) is 3.33. The van der Waals surface area contributed by atoms with E-state index in [0.717, 1.165) is 18.7 Å². The van der Waals surface area contributed by atoms with E-state index in [1.165, 1.54) is 13.2 Å². The molecule has 3 atom stereocenters. The summed E-state index contributed by atoms with van der Waals surface area (Å²) in [5.41, 5.74) is 1.11. The number of likely N-dealkylation sites (tertiary alicyclic amines) is 1. The molecule has 0 amide bonds. The second kappa shape index (κ2) is 10.3. The summed E-state index contributed by atoms with van der Waals surface area (Å²) in [4.78, 5) is 39.9. The van der Waals surface area contributed by atoms with E-state index in [9.17, 15) is 19.5 Å². The predicted molar refractivity (Wildman–Crippen MR) is 139 cm³/mol. The molecule has 39 heavy (non-hydrogen) atoms. The Balaban J connectivity index is 1.31. The number of carbonyl (C=O) groups is 1. The van der Waals surface area contributed by atoms with Gasteiger partial charge in [0.05, 0.1) is 26.0 Å². The summed E-state index contributed by atoms with van der Waals surface area (Å²) in [5.74, 6) is 0.196. The number of aromatic nitrogens is 1. The van der Waals surface area contributed by atoms with Gasteiger partial charge in [-0.15, -0.1) is 0 Å². The average Bonchev–Trinajstić information content (AvgIpc) is 2.94. The van der Waals surface area contributed by atoms with Gasteiger partial charge in [-0.25, -0.2) is 0 Å². The Morgan fingerprint density at radius 2 is 1.90 bits per heavy atom. The number of pyridine rings is 1. The van der Waals surface area contributed by atoms with Crippen LogP contribution < -0.4 is 20.5 Å². The molecule has 0 aliphatic carbocycles. The number of carbonyl (C=O) groups excluding carboxylic acids is 1. The first-order chi connectivity index (χ1) is 18.9. The second-order valence-electron chi connectivity index (χ2n) is 10.4. The lowest BCUT2D eigenvalue weighted by Gasteiger charge is -2.42. The van der Waals surface area contributed by atoms with Gasteiger partial charge in [-0.1, -0.05) is 12.1 Å². The van der Waals surface area contributed by atoms with Gasteiger partial charge in [0.25, 0.3) is 5.56 Å². The fourth-order valence-corrected chi connectivity index (χ4v) is 6.10. The number of piperidine rings is 1. The Morgan fingerprint density at radius 1 is 1.08 bits per heavy atom. The first-order valence-electron chi connectivity index (χ1n) is 13.1. The number of methoxy groups -OCH3 is 1. The molecule has 1 N–H and O–H groups in total. The summed E-state index contributed by atoms with van der Waals surface area (Å²) < 4.78 is 24.3. The van der Waals surface area contributed by atoms with Gasteiger partial charge >= 0.3 is 5.97 Å². The zero-order chi connectivity index (χ0) is 27.1. The van der Waals surface area contributed by atoms with Crippen molar-refractivity contribution >= 4 is 5.97 Å². The van der Waals surface area contributed by atoms with Gasteiger partial charge in [0.1, 0.15) is 19.0 Å². The summed E-state index contributed by atoms with van der Waals surface area (Å²) in [6.07, 6.45) is 0.867. The molecule has 3 aliphatic rings. The van der Waals surface area contributed by atoms with Crippen molar-refractivity contribution < 1.29 is 28.5 Å². The van der Waals surface area contributed by atoms with Crippen molar-refractivity contribution in [3.05, 3.63) is 85.8 Å². The van der Waals surface area contributed by atoms with Crippen molar-refractivity contribution in [3.63, 3.8) is 0 Å². The maximum atomic E-state index is 12.9. The van der Waals surface area contributed by atoms with E-state index in [2.05, 4.69) is 4.90 Å². The van der Waals surface area contributed by atoms with Crippen LogP contribution in [0.25, 0.3) is 0 Å². The van der Waals surface area contributed by atoms with Gasteiger partial charge in [-0.3, -0.25) is 19.3 Å². The predicted octanol–water partition coefficient (Wildman–Crippen LogP) is 2.59. The molecule has 1 aromatic carbocycles. The fourth-order valence-electron chi connectivity index (χ4n) is 6.10. The number of esters is 1. The number of benzene rings is 1. The van der Waals surface area contributed by atoms with Crippen LogP contribution in [0.1, 0.15) is 47.5 Å². The zero-order valence-electron chi connectivity index (χ0n) is 21.6. The highest BCUT2D eigenvalue weighted by molar-refractivity contribution is 5.71. The largest absolute Gasteiger partial charge is 0.502 e. The Morgan fingerprint density at radius 3 is 2.72 bits per heavy atom. The van der Waals surface area contributed by atoms with Crippen LogP contribution in [0.4, 0.5) is 0 Å². The van der Waals surface area contributed by atoms with Crippen LogP contribution in [0, 0.1) is 5.92 Å². The number of fused-ring (bicyclic) bond motifs is 5. The van der Waals surface area contributed by atoms with Gasteiger partial charge in [-0.05, 0) is 36.1 Å². The third-order valence-electron chi connectivity index (χ3n) is 7.82. The standard InChI is InChI=1S/C29H30N2O8/c1-36-27(34)12-21(18-5-6-24-25(10-18)38-8-7-37-24)29-28(35)23(32)11-20(39-29)16-30-13-17-9-19(15-30)22-3-2-4-26(33)31(22)14-17/h2-6,10-11,17,19,21,35H,7-9,12-16H2,1H3/t17-,19+,21?/m1/s1. The molecule has 204 valence electrons. The third-order valence-corrected chi connectivity index (χ3v) is 7.82. The number of aromatic hydroxyl groups is 1. The van der Waals surface area contributed by atoms with E-state index >= 15 is 0 Å². The molecule has 3 aromatic rings. The average molecular weight is 535 g/mol. The van der Waals surface area contributed by atoms with E-state index < -0.39 is 23.1 Å².